The maximum atomic E-state index is 13.5. The average molecular weight is 537 g/mol. The molecular weight excluding hydrogens is 504 g/mol. The second-order valence-corrected chi connectivity index (χ2v) is 9.43. The molecule has 2 amide bonds. The third kappa shape index (κ3) is 8.55. The normalized spacial score (nSPS) is 11.5. The maximum Gasteiger partial charge on any atom is 0.243 e. The van der Waals surface area contributed by atoms with Crippen molar-refractivity contribution in [2.24, 2.45) is 0 Å². The number of hydrogen-bond acceptors (Lipinski definition) is 3. The molecule has 0 saturated carbocycles. The lowest BCUT2D eigenvalue weighted by molar-refractivity contribution is -0.141. The summed E-state index contributed by atoms with van der Waals surface area (Å²) in [4.78, 5) is 28.4. The molecule has 0 heterocycles. The quantitative estimate of drug-likeness (QED) is 0.302. The largest absolute Gasteiger partial charge is 0.494 e. The molecule has 3 aromatic carbocycles. The lowest BCUT2D eigenvalue weighted by Gasteiger charge is -2.31. The first kappa shape index (κ1) is 26.5. The predicted octanol–water partition coefficient (Wildman–Crippen LogP) is 5.69. The van der Waals surface area contributed by atoms with E-state index in [2.05, 4.69) is 21.2 Å². The summed E-state index contributed by atoms with van der Waals surface area (Å²) in [5, 5.41) is 2.92. The topological polar surface area (TPSA) is 58.6 Å². The highest BCUT2D eigenvalue weighted by atomic mass is 79.9. The van der Waals surface area contributed by atoms with E-state index in [0.717, 1.165) is 21.3 Å². The number of hydrogen-bond donors (Lipinski definition) is 1. The van der Waals surface area contributed by atoms with Crippen molar-refractivity contribution in [3.8, 4) is 5.75 Å². The third-order valence-electron chi connectivity index (χ3n) is 5.69. The van der Waals surface area contributed by atoms with Crippen molar-refractivity contribution in [1.29, 1.82) is 0 Å². The van der Waals surface area contributed by atoms with Crippen molar-refractivity contribution in [2.75, 3.05) is 13.2 Å². The fourth-order valence-corrected chi connectivity index (χ4v) is 4.32. The number of likely N-dealkylation sites (N-methyl/N-ethyl adjacent to an activating group) is 1. The van der Waals surface area contributed by atoms with E-state index in [0.29, 0.717) is 39.0 Å². The number of nitrogens with zero attached hydrogens (tertiary/aromatic N) is 1. The minimum atomic E-state index is -0.609. The van der Waals surface area contributed by atoms with Crippen molar-refractivity contribution in [2.45, 2.75) is 45.7 Å². The van der Waals surface area contributed by atoms with Crippen LogP contribution in [0.5, 0.6) is 5.75 Å². The zero-order chi connectivity index (χ0) is 25.0. The van der Waals surface area contributed by atoms with Gasteiger partial charge in [-0.2, -0.15) is 0 Å². The summed E-state index contributed by atoms with van der Waals surface area (Å²) in [5.41, 5.74) is 3.15. The number of amides is 2. The monoisotopic (exact) mass is 536 g/mol. The molecule has 0 fully saturated rings. The lowest BCUT2D eigenvalue weighted by Crippen LogP contribution is -2.50. The van der Waals surface area contributed by atoms with Crippen LogP contribution in [0.15, 0.2) is 83.3 Å². The van der Waals surface area contributed by atoms with Gasteiger partial charge in [-0.1, -0.05) is 76.1 Å². The van der Waals surface area contributed by atoms with Gasteiger partial charge in [-0.15, -0.1) is 0 Å². The Morgan fingerprint density at radius 1 is 0.971 bits per heavy atom. The van der Waals surface area contributed by atoms with Crippen molar-refractivity contribution in [1.82, 2.24) is 10.2 Å². The van der Waals surface area contributed by atoms with Crippen LogP contribution in [-0.2, 0) is 22.6 Å². The van der Waals surface area contributed by atoms with Gasteiger partial charge in [0.05, 0.1) is 6.61 Å². The Morgan fingerprint density at radius 3 is 2.37 bits per heavy atom. The Balaban J connectivity index is 1.76. The number of nitrogens with one attached hydrogen (secondary N) is 1. The van der Waals surface area contributed by atoms with E-state index in [1.54, 1.807) is 4.90 Å². The summed E-state index contributed by atoms with van der Waals surface area (Å²) >= 11 is 3.51. The van der Waals surface area contributed by atoms with Crippen LogP contribution in [0.3, 0.4) is 0 Å². The van der Waals surface area contributed by atoms with Gasteiger partial charge in [0.15, 0.2) is 0 Å². The molecule has 0 radical (unpaired) electrons. The number of carbonyl (C=O) groups is 2. The number of benzene rings is 3. The van der Waals surface area contributed by atoms with Gasteiger partial charge in [0.25, 0.3) is 0 Å². The van der Waals surface area contributed by atoms with Crippen LogP contribution in [-0.4, -0.2) is 35.9 Å². The highest BCUT2D eigenvalue weighted by Crippen LogP contribution is 2.19. The summed E-state index contributed by atoms with van der Waals surface area (Å²) in [6.45, 7) is 5.21. The Kier molecular flexibility index (Phi) is 10.4. The summed E-state index contributed by atoms with van der Waals surface area (Å²) < 4.78 is 6.75. The molecule has 35 heavy (non-hydrogen) atoms. The molecular formula is C29H33BrN2O3. The standard InChI is InChI=1S/C29H33BrN2O3/c1-3-31-29(34)27(20-23-9-5-4-6-10-23)32(21-24-11-7-12-25(30)19-24)28(33)13-8-18-35-26-16-14-22(2)15-17-26/h4-7,9-12,14-17,19,27H,3,8,13,18,20-21H2,1-2H3,(H,31,34)/t27-/m0/s1. The van der Waals surface area contributed by atoms with Crippen LogP contribution < -0.4 is 10.1 Å². The van der Waals surface area contributed by atoms with E-state index in [1.807, 2.05) is 92.7 Å². The molecule has 0 aliphatic carbocycles. The fourth-order valence-electron chi connectivity index (χ4n) is 3.87. The second kappa shape index (κ2) is 13.7. The van der Waals surface area contributed by atoms with Gasteiger partial charge in [-0.05, 0) is 55.7 Å². The average Bonchev–Trinajstić information content (AvgIpc) is 2.86. The van der Waals surface area contributed by atoms with E-state index in [-0.39, 0.29) is 11.8 Å². The molecule has 1 atom stereocenters. The minimum absolute atomic E-state index is 0.0651. The molecule has 3 rings (SSSR count). The van der Waals surface area contributed by atoms with Gasteiger partial charge in [0, 0.05) is 30.4 Å². The summed E-state index contributed by atoms with van der Waals surface area (Å²) in [6.07, 6.45) is 1.31. The van der Waals surface area contributed by atoms with Gasteiger partial charge in [0.2, 0.25) is 11.8 Å². The van der Waals surface area contributed by atoms with Crippen molar-refractivity contribution in [3.05, 3.63) is 100 Å². The number of carbonyl (C=O) groups excluding carboxylic acids is 2. The summed E-state index contributed by atoms with van der Waals surface area (Å²) in [7, 11) is 0. The van der Waals surface area contributed by atoms with E-state index in [1.165, 1.54) is 5.56 Å². The smallest absolute Gasteiger partial charge is 0.243 e. The molecule has 184 valence electrons. The van der Waals surface area contributed by atoms with Crippen molar-refractivity contribution in [3.63, 3.8) is 0 Å². The number of ether oxygens (including phenoxy) is 1. The first-order valence-electron chi connectivity index (χ1n) is 12.0. The van der Waals surface area contributed by atoms with E-state index in [4.69, 9.17) is 4.74 Å². The first-order chi connectivity index (χ1) is 17.0. The SMILES string of the molecule is CCNC(=O)[C@H](Cc1ccccc1)N(Cc1cccc(Br)c1)C(=O)CCCOc1ccc(C)cc1. The molecule has 3 aromatic rings. The van der Waals surface area contributed by atoms with Gasteiger partial charge in [0.1, 0.15) is 11.8 Å². The van der Waals surface area contributed by atoms with Crippen LogP contribution in [0, 0.1) is 6.92 Å². The third-order valence-corrected chi connectivity index (χ3v) is 6.18. The number of halogens is 1. The van der Waals surface area contributed by atoms with Gasteiger partial charge < -0.3 is 15.0 Å². The van der Waals surface area contributed by atoms with Crippen LogP contribution in [0.4, 0.5) is 0 Å². The molecule has 5 nitrogen and oxygen atoms in total. The lowest BCUT2D eigenvalue weighted by atomic mass is 10.0. The molecule has 0 aliphatic rings. The Morgan fingerprint density at radius 2 is 1.69 bits per heavy atom. The van der Waals surface area contributed by atoms with Crippen LogP contribution in [0.2, 0.25) is 0 Å². The van der Waals surface area contributed by atoms with E-state index >= 15 is 0 Å². The first-order valence-corrected chi connectivity index (χ1v) is 12.8. The van der Waals surface area contributed by atoms with E-state index in [9.17, 15) is 9.59 Å². The van der Waals surface area contributed by atoms with Gasteiger partial charge >= 0.3 is 0 Å². The predicted molar refractivity (Wildman–Crippen MR) is 143 cm³/mol. The Hall–Kier alpha value is -3.12. The van der Waals surface area contributed by atoms with Crippen molar-refractivity contribution < 1.29 is 14.3 Å². The number of rotatable bonds is 12. The highest BCUT2D eigenvalue weighted by Gasteiger charge is 2.29. The zero-order valence-electron chi connectivity index (χ0n) is 20.4. The van der Waals surface area contributed by atoms with Crippen LogP contribution in [0.25, 0.3) is 0 Å². The Bertz CT molecular complexity index is 1090. The van der Waals surface area contributed by atoms with E-state index < -0.39 is 6.04 Å². The molecule has 0 aliphatic heterocycles. The molecule has 1 N–H and O–H groups in total. The molecule has 0 saturated heterocycles. The molecule has 0 spiro atoms. The summed E-state index contributed by atoms with van der Waals surface area (Å²) in [5.74, 6) is 0.582. The molecule has 6 heteroatoms. The van der Waals surface area contributed by atoms with Crippen molar-refractivity contribution >= 4 is 27.7 Å². The summed E-state index contributed by atoms with van der Waals surface area (Å²) in [6, 6.07) is 24.9. The van der Waals surface area contributed by atoms with Gasteiger partial charge in [-0.25, -0.2) is 0 Å². The Labute approximate surface area is 216 Å². The number of aryl methyl sites for hydroxylation is 1. The highest BCUT2D eigenvalue weighted by molar-refractivity contribution is 9.10. The molecule has 0 unspecified atom stereocenters. The van der Waals surface area contributed by atoms with Crippen LogP contribution >= 0.6 is 15.9 Å². The second-order valence-electron chi connectivity index (χ2n) is 8.52. The van der Waals surface area contributed by atoms with Gasteiger partial charge in [-0.3, -0.25) is 9.59 Å². The molecule has 0 aromatic heterocycles. The zero-order valence-corrected chi connectivity index (χ0v) is 22.0. The minimum Gasteiger partial charge on any atom is -0.494 e. The fraction of sp³-hybridized carbons (Fsp3) is 0.310. The maximum absolute atomic E-state index is 13.5. The van der Waals surface area contributed by atoms with Crippen LogP contribution in [0.1, 0.15) is 36.5 Å². The molecule has 0 bridgehead atoms.